The number of sulfone groups is 1. The number of rotatable bonds is 3. The lowest BCUT2D eigenvalue weighted by Gasteiger charge is -2.43. The van der Waals surface area contributed by atoms with Crippen LogP contribution in [0.5, 0.6) is 0 Å². The van der Waals surface area contributed by atoms with Gasteiger partial charge >= 0.3 is 0 Å². The number of aromatic nitrogens is 2. The highest BCUT2D eigenvalue weighted by atomic mass is 32.2. The van der Waals surface area contributed by atoms with Gasteiger partial charge in [0, 0.05) is 50.4 Å². The Kier molecular flexibility index (Phi) is 4.22. The van der Waals surface area contributed by atoms with Crippen molar-refractivity contribution >= 4 is 15.7 Å². The highest BCUT2D eigenvalue weighted by Gasteiger charge is 2.47. The molecule has 23 heavy (non-hydrogen) atoms. The molecule has 0 N–H and O–H groups in total. The molecule has 0 saturated carbocycles. The molecule has 2 saturated heterocycles. The lowest BCUT2D eigenvalue weighted by Crippen LogP contribution is -2.59. The summed E-state index contributed by atoms with van der Waals surface area (Å²) < 4.78 is 26.1. The van der Waals surface area contributed by atoms with Crippen molar-refractivity contribution in [2.45, 2.75) is 45.4 Å². The number of nitrogens with zero attached hydrogens (tertiary/aromatic N) is 4. The van der Waals surface area contributed by atoms with Gasteiger partial charge in [-0.2, -0.15) is 5.10 Å². The van der Waals surface area contributed by atoms with E-state index in [1.54, 1.807) is 4.90 Å². The van der Waals surface area contributed by atoms with Crippen molar-refractivity contribution in [1.82, 2.24) is 19.6 Å². The van der Waals surface area contributed by atoms with Crippen molar-refractivity contribution in [1.29, 1.82) is 0 Å². The van der Waals surface area contributed by atoms with Gasteiger partial charge in [-0.25, -0.2) is 8.42 Å². The van der Waals surface area contributed by atoms with Crippen molar-refractivity contribution in [3.63, 3.8) is 0 Å². The Labute approximate surface area is 137 Å². The van der Waals surface area contributed by atoms with E-state index in [9.17, 15) is 13.2 Å². The molecule has 3 heterocycles. The average Bonchev–Trinajstić information content (AvgIpc) is 3.02. The molecular formula is C15H24N4O3S. The third kappa shape index (κ3) is 3.28. The summed E-state index contributed by atoms with van der Waals surface area (Å²) in [6, 6.07) is -0.0237. The predicted molar refractivity (Wildman–Crippen MR) is 86.6 cm³/mol. The third-order valence-electron chi connectivity index (χ3n) is 4.77. The summed E-state index contributed by atoms with van der Waals surface area (Å²) in [7, 11) is -3.09. The van der Waals surface area contributed by atoms with Crippen LogP contribution in [-0.2, 0) is 21.2 Å². The topological polar surface area (TPSA) is 75.5 Å². The lowest BCUT2D eigenvalue weighted by molar-refractivity contribution is -0.134. The van der Waals surface area contributed by atoms with Gasteiger partial charge in [0.15, 0.2) is 9.84 Å². The van der Waals surface area contributed by atoms with E-state index in [-0.39, 0.29) is 29.5 Å². The van der Waals surface area contributed by atoms with Crippen LogP contribution in [0, 0.1) is 0 Å². The molecule has 2 fully saturated rings. The Balaban J connectivity index is 1.79. The molecule has 1 amide bonds. The molecule has 0 aliphatic carbocycles. The first-order valence-electron chi connectivity index (χ1n) is 8.01. The Morgan fingerprint density at radius 3 is 2.61 bits per heavy atom. The monoisotopic (exact) mass is 340 g/mol. The van der Waals surface area contributed by atoms with Gasteiger partial charge in [-0.1, -0.05) is 0 Å². The average molecular weight is 340 g/mol. The van der Waals surface area contributed by atoms with Crippen molar-refractivity contribution in [2.24, 2.45) is 0 Å². The van der Waals surface area contributed by atoms with E-state index in [1.807, 2.05) is 17.1 Å². The number of carbonyl (C=O) groups is 1. The molecule has 2 aliphatic heterocycles. The van der Waals surface area contributed by atoms with Crippen molar-refractivity contribution in [3.8, 4) is 0 Å². The fourth-order valence-electron chi connectivity index (χ4n) is 3.59. The Morgan fingerprint density at radius 1 is 1.30 bits per heavy atom. The summed E-state index contributed by atoms with van der Waals surface area (Å²) in [5.74, 6) is 0.183. The number of hydrogen-bond donors (Lipinski definition) is 0. The van der Waals surface area contributed by atoms with Crippen LogP contribution in [0.3, 0.4) is 0 Å². The first-order chi connectivity index (χ1) is 10.8. The molecule has 128 valence electrons. The minimum absolute atomic E-state index is 0.0376. The summed E-state index contributed by atoms with van der Waals surface area (Å²) in [5.41, 5.74) is 1.08. The van der Waals surface area contributed by atoms with Crippen LogP contribution in [0.2, 0.25) is 0 Å². The zero-order valence-corrected chi connectivity index (χ0v) is 14.7. The number of fused-ring (bicyclic) bond motifs is 1. The number of carbonyl (C=O) groups excluding carboxylic acids is 1. The number of hydrogen-bond acceptors (Lipinski definition) is 5. The van der Waals surface area contributed by atoms with Gasteiger partial charge in [0.05, 0.1) is 23.7 Å². The molecule has 0 spiro atoms. The summed E-state index contributed by atoms with van der Waals surface area (Å²) >= 11 is 0. The van der Waals surface area contributed by atoms with Crippen molar-refractivity contribution in [3.05, 3.63) is 18.0 Å². The minimum Gasteiger partial charge on any atom is -0.336 e. The molecule has 8 heteroatoms. The largest absolute Gasteiger partial charge is 0.336 e. The molecule has 2 aliphatic rings. The molecule has 0 unspecified atom stereocenters. The second-order valence-electron chi connectivity index (χ2n) is 6.82. The highest BCUT2D eigenvalue weighted by Crippen LogP contribution is 2.28. The van der Waals surface area contributed by atoms with E-state index < -0.39 is 9.84 Å². The lowest BCUT2D eigenvalue weighted by atomic mass is 10.0. The fourth-order valence-corrected chi connectivity index (χ4v) is 5.60. The number of amides is 1. The first-order valence-corrected chi connectivity index (χ1v) is 9.83. The maximum absolute atomic E-state index is 12.1. The highest BCUT2D eigenvalue weighted by molar-refractivity contribution is 7.91. The maximum atomic E-state index is 12.1. The first kappa shape index (κ1) is 16.4. The van der Waals surface area contributed by atoms with Crippen LogP contribution < -0.4 is 0 Å². The van der Waals surface area contributed by atoms with E-state index >= 15 is 0 Å². The van der Waals surface area contributed by atoms with Gasteiger partial charge in [-0.3, -0.25) is 14.4 Å². The van der Waals surface area contributed by atoms with Crippen LogP contribution in [0.25, 0.3) is 0 Å². The molecule has 1 aromatic heterocycles. The Bertz CT molecular complexity index is 697. The molecule has 7 nitrogen and oxygen atoms in total. The van der Waals surface area contributed by atoms with Gasteiger partial charge in [0.1, 0.15) is 0 Å². The van der Waals surface area contributed by atoms with Crippen LogP contribution in [0.4, 0.5) is 0 Å². The van der Waals surface area contributed by atoms with Gasteiger partial charge < -0.3 is 4.90 Å². The normalized spacial score (nSPS) is 27.4. The van der Waals surface area contributed by atoms with E-state index in [0.717, 1.165) is 5.56 Å². The quantitative estimate of drug-likeness (QED) is 0.791. The molecule has 0 aromatic carbocycles. The Morgan fingerprint density at radius 2 is 2.00 bits per heavy atom. The van der Waals surface area contributed by atoms with E-state index in [2.05, 4.69) is 23.8 Å². The molecule has 0 bridgehead atoms. The van der Waals surface area contributed by atoms with Crippen molar-refractivity contribution < 1.29 is 13.2 Å². The van der Waals surface area contributed by atoms with Crippen LogP contribution in [0.1, 0.15) is 32.4 Å². The molecular weight excluding hydrogens is 316 g/mol. The van der Waals surface area contributed by atoms with Gasteiger partial charge in [-0.05, 0) is 13.8 Å². The second-order valence-corrected chi connectivity index (χ2v) is 8.97. The summed E-state index contributed by atoms with van der Waals surface area (Å²) in [6.45, 7) is 7.62. The Hall–Kier alpha value is -1.41. The predicted octanol–water partition coefficient (Wildman–Crippen LogP) is 0.294. The maximum Gasteiger partial charge on any atom is 0.219 e. The summed E-state index contributed by atoms with van der Waals surface area (Å²) in [6.07, 6.45) is 3.86. The van der Waals surface area contributed by atoms with Gasteiger partial charge in [0.25, 0.3) is 0 Å². The van der Waals surface area contributed by atoms with Crippen molar-refractivity contribution in [2.75, 3.05) is 24.6 Å². The fraction of sp³-hybridized carbons (Fsp3) is 0.733. The zero-order chi connectivity index (χ0) is 16.8. The molecule has 0 radical (unpaired) electrons. The van der Waals surface area contributed by atoms with Crippen LogP contribution in [-0.4, -0.2) is 70.6 Å². The minimum atomic E-state index is -3.09. The standard InChI is InChI=1S/C15H24N4O3S/c1-11(2)19-8-13(6-16-19)7-17-4-5-18(12(3)20)15-10-23(21,22)9-14(15)17/h6,8,11,14-15H,4-5,7,9-10H2,1-3H3/t14-,15+/m1/s1. The zero-order valence-electron chi connectivity index (χ0n) is 13.8. The SMILES string of the molecule is CC(=O)N1CCN(Cc2cnn(C(C)C)c2)[C@@H]2CS(=O)(=O)C[C@@H]21. The third-order valence-corrected chi connectivity index (χ3v) is 6.46. The molecule has 3 rings (SSSR count). The van der Waals surface area contributed by atoms with Gasteiger partial charge in [-0.15, -0.1) is 0 Å². The summed E-state index contributed by atoms with van der Waals surface area (Å²) in [4.78, 5) is 15.7. The van der Waals surface area contributed by atoms with Crippen LogP contribution in [0.15, 0.2) is 12.4 Å². The molecule has 1 aromatic rings. The smallest absolute Gasteiger partial charge is 0.219 e. The van der Waals surface area contributed by atoms with E-state index in [1.165, 1.54) is 6.92 Å². The summed E-state index contributed by atoms with van der Waals surface area (Å²) in [5, 5.41) is 4.35. The molecule has 2 atom stereocenters. The van der Waals surface area contributed by atoms with E-state index in [0.29, 0.717) is 25.7 Å². The van der Waals surface area contributed by atoms with Gasteiger partial charge in [0.2, 0.25) is 5.91 Å². The van der Waals surface area contributed by atoms with E-state index in [4.69, 9.17) is 0 Å². The second kappa shape index (κ2) is 5.90. The van der Waals surface area contributed by atoms with Crippen LogP contribution >= 0.6 is 0 Å². The number of piperazine rings is 1.